The number of hydroxylamine groups is 4. The lowest BCUT2D eigenvalue weighted by Crippen LogP contribution is -2.31. The zero-order chi connectivity index (χ0) is 18.3. The second kappa shape index (κ2) is 8.75. The van der Waals surface area contributed by atoms with Crippen molar-refractivity contribution in [1.29, 1.82) is 0 Å². The maximum atomic E-state index is 10.9. The van der Waals surface area contributed by atoms with Crippen LogP contribution in [0.1, 0.15) is 52.4 Å². The van der Waals surface area contributed by atoms with Crippen LogP contribution in [0.2, 0.25) is 0 Å². The normalized spacial score (nSPS) is 16.9. The molecule has 2 heterocycles. The van der Waals surface area contributed by atoms with Crippen molar-refractivity contribution < 1.29 is 38.4 Å². The summed E-state index contributed by atoms with van der Waals surface area (Å²) in [6.45, 7) is 3.18. The first-order valence-electron chi connectivity index (χ1n) is 7.43. The van der Waals surface area contributed by atoms with Gasteiger partial charge in [-0.3, -0.25) is 19.2 Å². The summed E-state index contributed by atoms with van der Waals surface area (Å²) in [6, 6.07) is 0. The predicted octanol–water partition coefficient (Wildman–Crippen LogP) is 0.00720. The fourth-order valence-corrected chi connectivity index (χ4v) is 1.65. The summed E-state index contributed by atoms with van der Waals surface area (Å²) in [5, 5.41) is 1.09. The summed E-state index contributed by atoms with van der Waals surface area (Å²) in [7, 11) is 0. The van der Waals surface area contributed by atoms with Gasteiger partial charge in [0.25, 0.3) is 23.6 Å². The zero-order valence-electron chi connectivity index (χ0n) is 13.4. The molecular weight excluding hydrogens is 324 g/mol. The highest BCUT2D eigenvalue weighted by atomic mass is 16.7. The van der Waals surface area contributed by atoms with Gasteiger partial charge in [-0.2, -0.15) is 0 Å². The Morgan fingerprint density at radius 1 is 0.708 bits per heavy atom. The molecule has 0 aromatic carbocycles. The topological polar surface area (TPSA) is 127 Å². The van der Waals surface area contributed by atoms with Gasteiger partial charge in [0.1, 0.15) is 0 Å². The Balaban J connectivity index is 0.000000240. The summed E-state index contributed by atoms with van der Waals surface area (Å²) in [5.74, 6) is -2.91. The average molecular weight is 342 g/mol. The summed E-state index contributed by atoms with van der Waals surface area (Å²) in [6.07, 6.45) is 0.839. The zero-order valence-corrected chi connectivity index (χ0v) is 13.4. The maximum Gasteiger partial charge on any atom is 0.332 e. The van der Waals surface area contributed by atoms with Crippen molar-refractivity contribution in [2.24, 2.45) is 0 Å². The van der Waals surface area contributed by atoms with Gasteiger partial charge in [0.05, 0.1) is 0 Å². The Morgan fingerprint density at radius 3 is 1.17 bits per heavy atom. The molecule has 0 spiro atoms. The summed E-state index contributed by atoms with van der Waals surface area (Å²) in [4.78, 5) is 73.8. The van der Waals surface area contributed by atoms with Gasteiger partial charge in [0.15, 0.2) is 0 Å². The molecule has 2 aliphatic heterocycles. The van der Waals surface area contributed by atoms with Crippen LogP contribution in [-0.2, 0) is 38.4 Å². The summed E-state index contributed by atoms with van der Waals surface area (Å²) >= 11 is 0. The van der Waals surface area contributed by atoms with Crippen molar-refractivity contribution in [1.82, 2.24) is 10.1 Å². The quantitative estimate of drug-likeness (QED) is 0.654. The van der Waals surface area contributed by atoms with Crippen molar-refractivity contribution in [2.45, 2.75) is 52.4 Å². The molecule has 2 fully saturated rings. The fraction of sp³-hybridized carbons (Fsp3) is 0.571. The average Bonchev–Trinajstić information content (AvgIpc) is 3.05. The molecule has 0 aromatic heterocycles. The molecule has 0 atom stereocenters. The lowest BCUT2D eigenvalue weighted by atomic mass is 10.4. The highest BCUT2D eigenvalue weighted by Gasteiger charge is 2.33. The van der Waals surface area contributed by atoms with Gasteiger partial charge in [-0.05, 0) is 0 Å². The maximum absolute atomic E-state index is 10.9. The molecule has 132 valence electrons. The smallest absolute Gasteiger partial charge is 0.330 e. The number of imide groups is 2. The third-order valence-corrected chi connectivity index (χ3v) is 2.98. The molecule has 0 bridgehead atoms. The molecule has 2 saturated heterocycles. The van der Waals surface area contributed by atoms with E-state index < -0.39 is 35.6 Å². The van der Waals surface area contributed by atoms with Crippen LogP contribution < -0.4 is 0 Å². The van der Waals surface area contributed by atoms with E-state index in [1.165, 1.54) is 0 Å². The molecule has 10 heteroatoms. The van der Waals surface area contributed by atoms with Crippen molar-refractivity contribution in [2.75, 3.05) is 0 Å². The van der Waals surface area contributed by atoms with E-state index >= 15 is 0 Å². The first-order chi connectivity index (χ1) is 11.3. The fourth-order valence-electron chi connectivity index (χ4n) is 1.65. The van der Waals surface area contributed by atoms with E-state index in [0.29, 0.717) is 10.1 Å². The van der Waals surface area contributed by atoms with E-state index in [-0.39, 0.29) is 38.5 Å². The molecule has 2 rings (SSSR count). The predicted molar refractivity (Wildman–Crippen MR) is 74.9 cm³/mol. The van der Waals surface area contributed by atoms with Gasteiger partial charge < -0.3 is 9.68 Å². The number of hydrogen-bond acceptors (Lipinski definition) is 8. The third-order valence-electron chi connectivity index (χ3n) is 2.98. The van der Waals surface area contributed by atoms with E-state index in [1.54, 1.807) is 13.8 Å². The molecule has 0 aromatic rings. The van der Waals surface area contributed by atoms with Crippen molar-refractivity contribution in [3.05, 3.63) is 0 Å². The number of nitrogens with zero attached hydrogens (tertiary/aromatic N) is 2. The lowest BCUT2D eigenvalue weighted by molar-refractivity contribution is -0.197. The Bertz CT molecular complexity index is 489. The number of rotatable bonds is 4. The van der Waals surface area contributed by atoms with E-state index in [9.17, 15) is 28.8 Å². The van der Waals surface area contributed by atoms with Crippen LogP contribution in [0.3, 0.4) is 0 Å². The van der Waals surface area contributed by atoms with Crippen LogP contribution in [0.5, 0.6) is 0 Å². The highest BCUT2D eigenvalue weighted by molar-refractivity contribution is 6.02. The molecule has 0 saturated carbocycles. The lowest BCUT2D eigenvalue weighted by Gasteiger charge is -2.10. The van der Waals surface area contributed by atoms with E-state index in [2.05, 4.69) is 9.68 Å². The van der Waals surface area contributed by atoms with Crippen LogP contribution in [0.25, 0.3) is 0 Å². The second-order valence-corrected chi connectivity index (χ2v) is 4.80. The van der Waals surface area contributed by atoms with Gasteiger partial charge in [-0.25, -0.2) is 9.59 Å². The third kappa shape index (κ3) is 5.14. The van der Waals surface area contributed by atoms with Gasteiger partial charge in [0.2, 0.25) is 0 Å². The van der Waals surface area contributed by atoms with E-state index in [1.807, 2.05) is 0 Å². The molecular formula is C14H18N2O8. The Morgan fingerprint density at radius 2 is 0.958 bits per heavy atom. The Hall–Kier alpha value is -2.78. The largest absolute Gasteiger partial charge is 0.332 e. The number of amides is 4. The molecule has 24 heavy (non-hydrogen) atoms. The molecule has 0 radical (unpaired) electrons. The van der Waals surface area contributed by atoms with Gasteiger partial charge in [-0.1, -0.05) is 13.8 Å². The first kappa shape index (κ1) is 19.3. The molecule has 2 aliphatic rings. The van der Waals surface area contributed by atoms with Crippen LogP contribution in [-0.4, -0.2) is 45.7 Å². The summed E-state index contributed by atoms with van der Waals surface area (Å²) < 4.78 is 0. The summed E-state index contributed by atoms with van der Waals surface area (Å²) in [5.41, 5.74) is 0. The first-order valence-corrected chi connectivity index (χ1v) is 7.43. The van der Waals surface area contributed by atoms with Gasteiger partial charge in [0, 0.05) is 38.5 Å². The standard InChI is InChI=1S/2C7H9NO4/c2*1-2-7(11)12-8-5(9)3-4-6(8)10/h2*2-4H2,1H3. The molecule has 0 unspecified atom stereocenters. The Kier molecular flexibility index (Phi) is 7.02. The monoisotopic (exact) mass is 342 g/mol. The van der Waals surface area contributed by atoms with Crippen LogP contribution in [0.4, 0.5) is 0 Å². The van der Waals surface area contributed by atoms with Crippen LogP contribution >= 0.6 is 0 Å². The van der Waals surface area contributed by atoms with Crippen LogP contribution in [0, 0.1) is 0 Å². The number of hydrogen-bond donors (Lipinski definition) is 0. The van der Waals surface area contributed by atoms with Crippen molar-refractivity contribution >= 4 is 35.6 Å². The minimum atomic E-state index is -0.571. The number of carbonyl (C=O) groups excluding carboxylic acids is 6. The van der Waals surface area contributed by atoms with E-state index in [0.717, 1.165) is 0 Å². The second-order valence-electron chi connectivity index (χ2n) is 4.80. The van der Waals surface area contributed by atoms with Gasteiger partial charge >= 0.3 is 11.9 Å². The molecule has 10 nitrogen and oxygen atoms in total. The molecule has 4 amide bonds. The van der Waals surface area contributed by atoms with Crippen molar-refractivity contribution in [3.8, 4) is 0 Å². The molecule has 0 aliphatic carbocycles. The highest BCUT2D eigenvalue weighted by Crippen LogP contribution is 2.13. The molecule has 0 N–H and O–H groups in total. The number of carbonyl (C=O) groups is 6. The SMILES string of the molecule is CCC(=O)ON1C(=O)CCC1=O.CCC(=O)ON1C(=O)CCC1=O. The van der Waals surface area contributed by atoms with Crippen LogP contribution in [0.15, 0.2) is 0 Å². The van der Waals surface area contributed by atoms with Gasteiger partial charge in [-0.15, -0.1) is 10.1 Å². The van der Waals surface area contributed by atoms with E-state index in [4.69, 9.17) is 0 Å². The minimum Gasteiger partial charge on any atom is -0.330 e. The minimum absolute atomic E-state index is 0.135. The Labute approximate surface area is 137 Å². The van der Waals surface area contributed by atoms with Crippen molar-refractivity contribution in [3.63, 3.8) is 0 Å².